The van der Waals surface area contributed by atoms with Crippen LogP contribution in [0.1, 0.15) is 45.4 Å². The Labute approximate surface area is 208 Å². The number of para-hydroxylation sites is 1. The number of carbonyl (C=O) groups is 1. The Hall–Kier alpha value is -2.63. The van der Waals surface area contributed by atoms with Crippen molar-refractivity contribution in [2.75, 3.05) is 33.3 Å². The van der Waals surface area contributed by atoms with Crippen molar-refractivity contribution in [3.05, 3.63) is 87.6 Å². The van der Waals surface area contributed by atoms with E-state index in [-0.39, 0.29) is 5.91 Å². The minimum atomic E-state index is 0.125. The molecule has 0 unspecified atom stereocenters. The first-order chi connectivity index (χ1) is 16.4. The molecule has 1 fully saturated rings. The van der Waals surface area contributed by atoms with Crippen molar-refractivity contribution in [2.45, 2.75) is 33.2 Å². The number of benzene rings is 2. The Kier molecular flexibility index (Phi) is 8.07. The van der Waals surface area contributed by atoms with Gasteiger partial charge >= 0.3 is 0 Å². The molecule has 4 rings (SSSR count). The fourth-order valence-corrected chi connectivity index (χ4v) is 6.05. The summed E-state index contributed by atoms with van der Waals surface area (Å²) < 4.78 is 5.75. The molecule has 0 bridgehead atoms. The van der Waals surface area contributed by atoms with Crippen LogP contribution in [-0.2, 0) is 6.54 Å². The van der Waals surface area contributed by atoms with Crippen LogP contribution >= 0.6 is 11.3 Å². The molecule has 0 aliphatic carbocycles. The summed E-state index contributed by atoms with van der Waals surface area (Å²) in [6.45, 7) is 10.9. The molecule has 0 spiro atoms. The first kappa shape index (κ1) is 24.5. The van der Waals surface area contributed by atoms with E-state index in [2.05, 4.69) is 60.9 Å². The number of ether oxygens (including phenoxy) is 1. The second kappa shape index (κ2) is 11.2. The molecule has 34 heavy (non-hydrogen) atoms. The molecule has 2 aromatic carbocycles. The fraction of sp³-hybridized carbons (Fsp3) is 0.414. The van der Waals surface area contributed by atoms with Crippen molar-refractivity contribution < 1.29 is 9.53 Å². The minimum Gasteiger partial charge on any atom is -0.496 e. The maximum atomic E-state index is 13.5. The number of amides is 1. The lowest BCUT2D eigenvalue weighted by molar-refractivity contribution is 0.0703. The SMILES string of the molecule is COc1ccccc1[C@H]1CN(Cc2ccc(C)s2)C[C@H]1CN(CC(C)C)C(=O)c1ccccc1. The molecular weight excluding hydrogens is 440 g/mol. The maximum absolute atomic E-state index is 13.5. The van der Waals surface area contributed by atoms with Gasteiger partial charge in [-0.25, -0.2) is 0 Å². The van der Waals surface area contributed by atoms with Crippen molar-refractivity contribution in [1.29, 1.82) is 0 Å². The molecule has 4 nitrogen and oxygen atoms in total. The van der Waals surface area contributed by atoms with Gasteiger partial charge in [-0.3, -0.25) is 9.69 Å². The van der Waals surface area contributed by atoms with E-state index >= 15 is 0 Å². The average Bonchev–Trinajstić information content (AvgIpc) is 3.43. The maximum Gasteiger partial charge on any atom is 0.253 e. The van der Waals surface area contributed by atoms with Gasteiger partial charge < -0.3 is 9.64 Å². The first-order valence-electron chi connectivity index (χ1n) is 12.2. The monoisotopic (exact) mass is 476 g/mol. The summed E-state index contributed by atoms with van der Waals surface area (Å²) >= 11 is 1.87. The van der Waals surface area contributed by atoms with E-state index in [0.717, 1.165) is 44.0 Å². The molecular formula is C29H36N2O2S. The van der Waals surface area contributed by atoms with E-state index < -0.39 is 0 Å². The summed E-state index contributed by atoms with van der Waals surface area (Å²) in [5.74, 6) is 2.12. The molecule has 1 aliphatic heterocycles. The lowest BCUT2D eigenvalue weighted by atomic mass is 9.87. The van der Waals surface area contributed by atoms with E-state index in [9.17, 15) is 4.79 Å². The van der Waals surface area contributed by atoms with Crippen molar-refractivity contribution >= 4 is 17.2 Å². The summed E-state index contributed by atoms with van der Waals surface area (Å²) in [7, 11) is 1.75. The molecule has 2 atom stereocenters. The van der Waals surface area contributed by atoms with Crippen LogP contribution in [0.4, 0.5) is 0 Å². The number of likely N-dealkylation sites (tertiary alicyclic amines) is 1. The van der Waals surface area contributed by atoms with Gasteiger partial charge in [-0.2, -0.15) is 0 Å². The summed E-state index contributed by atoms with van der Waals surface area (Å²) in [5, 5.41) is 0. The molecule has 1 aromatic heterocycles. The lowest BCUT2D eigenvalue weighted by Gasteiger charge is -2.30. The third kappa shape index (κ3) is 5.89. The number of nitrogens with zero attached hydrogens (tertiary/aromatic N) is 2. The number of carbonyl (C=O) groups excluding carboxylic acids is 1. The lowest BCUT2D eigenvalue weighted by Crippen LogP contribution is -2.39. The zero-order valence-corrected chi connectivity index (χ0v) is 21.6. The van der Waals surface area contributed by atoms with E-state index in [1.54, 1.807) is 7.11 Å². The topological polar surface area (TPSA) is 32.8 Å². The smallest absolute Gasteiger partial charge is 0.253 e. The quantitative estimate of drug-likeness (QED) is 0.375. The highest BCUT2D eigenvalue weighted by Gasteiger charge is 2.37. The Bertz CT molecular complexity index is 1080. The van der Waals surface area contributed by atoms with Crippen molar-refractivity contribution in [3.63, 3.8) is 0 Å². The van der Waals surface area contributed by atoms with E-state index in [0.29, 0.717) is 17.8 Å². The van der Waals surface area contributed by atoms with Crippen molar-refractivity contribution in [2.24, 2.45) is 11.8 Å². The second-order valence-corrected chi connectivity index (χ2v) is 11.2. The fourth-order valence-electron chi connectivity index (χ4n) is 5.12. The van der Waals surface area contributed by atoms with Crippen molar-refractivity contribution in [3.8, 4) is 5.75 Å². The molecule has 0 radical (unpaired) electrons. The zero-order valence-electron chi connectivity index (χ0n) is 20.7. The van der Waals surface area contributed by atoms with Gasteiger partial charge in [0.15, 0.2) is 0 Å². The average molecular weight is 477 g/mol. The van der Waals surface area contributed by atoms with Gasteiger partial charge in [0.25, 0.3) is 5.91 Å². The molecule has 1 saturated heterocycles. The van der Waals surface area contributed by atoms with E-state index in [1.807, 2.05) is 47.7 Å². The van der Waals surface area contributed by atoms with Crippen LogP contribution < -0.4 is 4.74 Å². The minimum absolute atomic E-state index is 0.125. The number of thiophene rings is 1. The van der Waals surface area contributed by atoms with Gasteiger partial charge in [-0.15, -0.1) is 11.3 Å². The molecule has 1 aliphatic rings. The standard InChI is InChI=1S/C29H36N2O2S/c1-21(2)16-31(29(32)23-10-6-5-7-11-23)18-24-17-30(19-25-15-14-22(3)34-25)20-27(24)26-12-8-9-13-28(26)33-4/h5-15,21,24,27H,16-20H2,1-4H3/t24-,27-/m0/s1. The van der Waals surface area contributed by atoms with Crippen LogP contribution in [0.2, 0.25) is 0 Å². The third-order valence-electron chi connectivity index (χ3n) is 6.58. The normalized spacial score (nSPS) is 18.4. The van der Waals surface area contributed by atoms with Crippen LogP contribution in [0.5, 0.6) is 5.75 Å². The Morgan fingerprint density at radius 3 is 2.47 bits per heavy atom. The first-order valence-corrected chi connectivity index (χ1v) is 13.0. The van der Waals surface area contributed by atoms with Gasteiger partial charge in [0, 0.05) is 54.0 Å². The van der Waals surface area contributed by atoms with E-state index in [1.165, 1.54) is 15.3 Å². The Morgan fingerprint density at radius 1 is 1.06 bits per heavy atom. The summed E-state index contributed by atoms with van der Waals surface area (Å²) in [4.78, 5) is 20.9. The van der Waals surface area contributed by atoms with Gasteiger partial charge in [0.2, 0.25) is 0 Å². The number of aryl methyl sites for hydroxylation is 1. The van der Waals surface area contributed by atoms with E-state index in [4.69, 9.17) is 4.74 Å². The van der Waals surface area contributed by atoms with Gasteiger partial charge in [0.1, 0.15) is 5.75 Å². The third-order valence-corrected chi connectivity index (χ3v) is 7.56. The predicted octanol–water partition coefficient (Wildman–Crippen LogP) is 6.08. The molecule has 180 valence electrons. The van der Waals surface area contributed by atoms with Crippen LogP contribution in [0, 0.1) is 18.8 Å². The molecule has 1 amide bonds. The number of hydrogen-bond acceptors (Lipinski definition) is 4. The van der Waals surface area contributed by atoms with Gasteiger partial charge in [-0.05, 0) is 54.7 Å². The van der Waals surface area contributed by atoms with Crippen LogP contribution in [-0.4, -0.2) is 49.0 Å². The van der Waals surface area contributed by atoms with Crippen molar-refractivity contribution in [1.82, 2.24) is 9.80 Å². The number of rotatable bonds is 9. The second-order valence-electron chi connectivity index (χ2n) is 9.78. The Balaban J connectivity index is 1.61. The number of hydrogen-bond donors (Lipinski definition) is 0. The van der Waals surface area contributed by atoms with Gasteiger partial charge in [-0.1, -0.05) is 50.2 Å². The van der Waals surface area contributed by atoms with Crippen LogP contribution in [0.3, 0.4) is 0 Å². The molecule has 3 aromatic rings. The Morgan fingerprint density at radius 2 is 1.79 bits per heavy atom. The van der Waals surface area contributed by atoms with Gasteiger partial charge in [0.05, 0.1) is 7.11 Å². The highest BCUT2D eigenvalue weighted by atomic mass is 32.1. The molecule has 5 heteroatoms. The van der Waals surface area contributed by atoms with Crippen LogP contribution in [0.15, 0.2) is 66.7 Å². The molecule has 0 N–H and O–H groups in total. The zero-order chi connectivity index (χ0) is 24.1. The summed E-state index contributed by atoms with van der Waals surface area (Å²) in [5.41, 5.74) is 2.01. The highest BCUT2D eigenvalue weighted by Crippen LogP contribution is 2.39. The molecule has 0 saturated carbocycles. The molecule has 2 heterocycles. The van der Waals surface area contributed by atoms with Crippen LogP contribution in [0.25, 0.3) is 0 Å². The summed E-state index contributed by atoms with van der Waals surface area (Å²) in [6, 6.07) is 22.5. The summed E-state index contributed by atoms with van der Waals surface area (Å²) in [6.07, 6.45) is 0. The largest absolute Gasteiger partial charge is 0.496 e. The predicted molar refractivity (Wildman–Crippen MR) is 141 cm³/mol. The number of methoxy groups -OCH3 is 1. The highest BCUT2D eigenvalue weighted by molar-refractivity contribution is 7.11.